The van der Waals surface area contributed by atoms with Crippen LogP contribution in [-0.4, -0.2) is 64.5 Å². The van der Waals surface area contributed by atoms with Crippen LogP contribution in [0.4, 0.5) is 5.69 Å². The molecule has 0 radical (unpaired) electrons. The van der Waals surface area contributed by atoms with Crippen LogP contribution >= 0.6 is 0 Å². The Kier molecular flexibility index (Phi) is 5.51. The van der Waals surface area contributed by atoms with E-state index in [1.165, 1.54) is 5.69 Å². The molecule has 29 heavy (non-hydrogen) atoms. The van der Waals surface area contributed by atoms with Crippen LogP contribution in [-0.2, 0) is 4.74 Å². The van der Waals surface area contributed by atoms with Gasteiger partial charge in [0.15, 0.2) is 0 Å². The number of hydrogen-bond donors (Lipinski definition) is 1. The van der Waals surface area contributed by atoms with Gasteiger partial charge in [0.05, 0.1) is 16.6 Å². The number of nitrogens with zero attached hydrogens (tertiary/aromatic N) is 4. The Balaban J connectivity index is 1.54. The Morgan fingerprint density at radius 3 is 2.62 bits per heavy atom. The summed E-state index contributed by atoms with van der Waals surface area (Å²) in [4.78, 5) is 20.3. The lowest BCUT2D eigenvalue weighted by atomic mass is 10.2. The van der Waals surface area contributed by atoms with Crippen LogP contribution < -0.4 is 4.90 Å². The first-order valence-electron chi connectivity index (χ1n) is 9.98. The third-order valence-electron chi connectivity index (χ3n) is 5.50. The fraction of sp³-hybridized carbons (Fsp3) is 0.364. The summed E-state index contributed by atoms with van der Waals surface area (Å²) in [7, 11) is 0. The second-order valence-electron chi connectivity index (χ2n) is 7.22. The number of anilines is 1. The van der Waals surface area contributed by atoms with E-state index >= 15 is 0 Å². The van der Waals surface area contributed by atoms with E-state index < -0.39 is 5.97 Å². The zero-order valence-electron chi connectivity index (χ0n) is 16.8. The minimum Gasteiger partial charge on any atom is -0.478 e. The molecule has 4 rings (SSSR count). The van der Waals surface area contributed by atoms with Crippen LogP contribution in [0.15, 0.2) is 48.8 Å². The van der Waals surface area contributed by atoms with Gasteiger partial charge in [-0.05, 0) is 50.2 Å². The fourth-order valence-electron chi connectivity index (χ4n) is 3.88. The van der Waals surface area contributed by atoms with Crippen molar-refractivity contribution < 1.29 is 14.6 Å². The number of piperazine rings is 1. The highest BCUT2D eigenvalue weighted by Gasteiger charge is 2.21. The molecule has 0 aliphatic carbocycles. The van der Waals surface area contributed by atoms with Gasteiger partial charge in [-0.15, -0.1) is 0 Å². The molecule has 2 aromatic carbocycles. The van der Waals surface area contributed by atoms with E-state index in [2.05, 4.69) is 39.9 Å². The largest absolute Gasteiger partial charge is 0.478 e. The Morgan fingerprint density at radius 2 is 1.90 bits per heavy atom. The van der Waals surface area contributed by atoms with Gasteiger partial charge in [0, 0.05) is 44.2 Å². The molecule has 1 unspecified atom stereocenters. The average Bonchev–Trinajstić information content (AvgIpc) is 3.17. The summed E-state index contributed by atoms with van der Waals surface area (Å²) in [6, 6.07) is 13.4. The molecule has 1 N–H and O–H groups in total. The molecule has 1 aliphatic rings. The zero-order chi connectivity index (χ0) is 20.4. The van der Waals surface area contributed by atoms with Gasteiger partial charge in [0.25, 0.3) is 0 Å². The highest BCUT2D eigenvalue weighted by Crippen LogP contribution is 2.24. The number of hydrogen-bond acceptors (Lipinski definition) is 5. The van der Waals surface area contributed by atoms with Gasteiger partial charge in [0.2, 0.25) is 0 Å². The number of ether oxygens (including phenoxy) is 1. The van der Waals surface area contributed by atoms with Gasteiger partial charge in [0.1, 0.15) is 12.6 Å². The SMILES string of the molecule is CCOC(C)N1CCN(c2cccc(-n3cnc4cc(C(=O)O)ccc43)c2)CC1. The van der Waals surface area contributed by atoms with E-state index in [-0.39, 0.29) is 11.8 Å². The fourth-order valence-corrected chi connectivity index (χ4v) is 3.88. The van der Waals surface area contributed by atoms with E-state index in [0.29, 0.717) is 5.52 Å². The van der Waals surface area contributed by atoms with Crippen LogP contribution in [0.2, 0.25) is 0 Å². The van der Waals surface area contributed by atoms with Crippen LogP contribution in [0.5, 0.6) is 0 Å². The second kappa shape index (κ2) is 8.23. The summed E-state index contributed by atoms with van der Waals surface area (Å²) < 4.78 is 7.71. The number of carbonyl (C=O) groups is 1. The number of rotatable bonds is 6. The quantitative estimate of drug-likeness (QED) is 0.692. The molecule has 1 atom stereocenters. The van der Waals surface area contributed by atoms with E-state index in [4.69, 9.17) is 4.74 Å². The van der Waals surface area contributed by atoms with Crippen LogP contribution in [0.3, 0.4) is 0 Å². The number of aromatic carboxylic acids is 1. The Morgan fingerprint density at radius 1 is 1.14 bits per heavy atom. The Bertz CT molecular complexity index is 1010. The highest BCUT2D eigenvalue weighted by atomic mass is 16.5. The summed E-state index contributed by atoms with van der Waals surface area (Å²) in [5.41, 5.74) is 4.00. The molecule has 0 spiro atoms. The average molecular weight is 394 g/mol. The lowest BCUT2D eigenvalue weighted by molar-refractivity contribution is -0.0440. The summed E-state index contributed by atoms with van der Waals surface area (Å²) in [5.74, 6) is -0.943. The predicted molar refractivity (Wildman–Crippen MR) is 113 cm³/mol. The normalized spacial score (nSPS) is 16.3. The molecule has 0 amide bonds. The molecule has 0 bridgehead atoms. The second-order valence-corrected chi connectivity index (χ2v) is 7.22. The molecule has 7 nitrogen and oxygen atoms in total. The van der Waals surface area contributed by atoms with Gasteiger partial charge in [-0.2, -0.15) is 0 Å². The maximum absolute atomic E-state index is 11.2. The third-order valence-corrected chi connectivity index (χ3v) is 5.50. The van der Waals surface area contributed by atoms with Gasteiger partial charge in [-0.25, -0.2) is 9.78 Å². The molecular formula is C22H26N4O3. The summed E-state index contributed by atoms with van der Waals surface area (Å²) in [5, 5.41) is 9.18. The van der Waals surface area contributed by atoms with Gasteiger partial charge in [-0.1, -0.05) is 6.07 Å². The summed E-state index contributed by atoms with van der Waals surface area (Å²) in [6.07, 6.45) is 1.90. The van der Waals surface area contributed by atoms with Gasteiger partial charge >= 0.3 is 5.97 Å². The predicted octanol–water partition coefficient (Wildman–Crippen LogP) is 3.23. The van der Waals surface area contributed by atoms with Crippen molar-refractivity contribution in [2.75, 3.05) is 37.7 Å². The van der Waals surface area contributed by atoms with E-state index in [1.807, 2.05) is 23.6 Å². The highest BCUT2D eigenvalue weighted by molar-refractivity contribution is 5.92. The van der Waals surface area contributed by atoms with Crippen molar-refractivity contribution in [3.63, 3.8) is 0 Å². The maximum atomic E-state index is 11.2. The molecule has 0 saturated carbocycles. The van der Waals surface area contributed by atoms with Crippen molar-refractivity contribution in [1.82, 2.24) is 14.5 Å². The van der Waals surface area contributed by atoms with Gasteiger partial charge < -0.3 is 14.7 Å². The minimum absolute atomic E-state index is 0.154. The molecule has 3 aromatic rings. The minimum atomic E-state index is -0.943. The number of imidazole rings is 1. The van der Waals surface area contributed by atoms with E-state index in [1.54, 1.807) is 18.5 Å². The Labute approximate surface area is 170 Å². The standard InChI is InChI=1S/C22H26N4O3/c1-3-29-16(2)24-9-11-25(12-10-24)18-5-4-6-19(14-18)26-15-23-20-13-17(22(27)28)7-8-21(20)26/h4-8,13-16H,3,9-12H2,1-2H3,(H,27,28). The maximum Gasteiger partial charge on any atom is 0.335 e. The zero-order valence-corrected chi connectivity index (χ0v) is 16.8. The van der Waals surface area contributed by atoms with Crippen molar-refractivity contribution in [3.8, 4) is 5.69 Å². The van der Waals surface area contributed by atoms with Crippen LogP contribution in [0, 0.1) is 0 Å². The molecule has 7 heteroatoms. The summed E-state index contributed by atoms with van der Waals surface area (Å²) in [6.45, 7) is 8.71. The van der Waals surface area contributed by atoms with Crippen LogP contribution in [0.1, 0.15) is 24.2 Å². The first-order chi connectivity index (χ1) is 14.1. The van der Waals surface area contributed by atoms with Crippen molar-refractivity contribution >= 4 is 22.7 Å². The third kappa shape index (κ3) is 3.97. The summed E-state index contributed by atoms with van der Waals surface area (Å²) >= 11 is 0. The molecule has 152 valence electrons. The van der Waals surface area contributed by atoms with Crippen LogP contribution in [0.25, 0.3) is 16.7 Å². The van der Waals surface area contributed by atoms with Gasteiger partial charge in [-0.3, -0.25) is 9.47 Å². The van der Waals surface area contributed by atoms with E-state index in [0.717, 1.165) is 44.0 Å². The van der Waals surface area contributed by atoms with Crippen molar-refractivity contribution in [1.29, 1.82) is 0 Å². The smallest absolute Gasteiger partial charge is 0.335 e. The van der Waals surface area contributed by atoms with Crippen molar-refractivity contribution in [2.45, 2.75) is 20.1 Å². The van der Waals surface area contributed by atoms with E-state index in [9.17, 15) is 9.90 Å². The lowest BCUT2D eigenvalue weighted by Gasteiger charge is -2.38. The first-order valence-corrected chi connectivity index (χ1v) is 9.98. The number of aromatic nitrogens is 2. The molecule has 1 saturated heterocycles. The first kappa shape index (κ1) is 19.4. The molecule has 1 aliphatic heterocycles. The number of fused-ring (bicyclic) bond motifs is 1. The number of carboxylic acid groups (broad SMARTS) is 1. The molecule has 1 aromatic heterocycles. The number of benzene rings is 2. The topological polar surface area (TPSA) is 70.8 Å². The van der Waals surface area contributed by atoms with Crippen molar-refractivity contribution in [2.24, 2.45) is 0 Å². The Hall–Kier alpha value is -2.90. The monoisotopic (exact) mass is 394 g/mol. The number of carboxylic acids is 1. The molecule has 1 fully saturated rings. The molecular weight excluding hydrogens is 368 g/mol. The van der Waals surface area contributed by atoms with Crippen molar-refractivity contribution in [3.05, 3.63) is 54.4 Å². The lowest BCUT2D eigenvalue weighted by Crippen LogP contribution is -2.50. The molecule has 2 heterocycles.